The minimum Gasteiger partial charge on any atom is -0.463 e. The van der Waals surface area contributed by atoms with Gasteiger partial charge in [0.25, 0.3) is 0 Å². The van der Waals surface area contributed by atoms with Gasteiger partial charge in [-0.2, -0.15) is 0 Å². The van der Waals surface area contributed by atoms with E-state index >= 15 is 0 Å². The molecule has 0 radical (unpaired) electrons. The molecule has 2 saturated heterocycles. The van der Waals surface area contributed by atoms with Crippen molar-refractivity contribution in [2.24, 2.45) is 5.73 Å². The number of carbonyl (C=O) groups excluding carboxylic acids is 7. The lowest BCUT2D eigenvalue weighted by Gasteiger charge is -2.47. The molecule has 19 heteroatoms. The quantitative estimate of drug-likeness (QED) is 0.186. The second-order valence-electron chi connectivity index (χ2n) is 9.51. The molecule has 0 aromatic rings. The van der Waals surface area contributed by atoms with Crippen LogP contribution >= 0.6 is 0 Å². The summed E-state index contributed by atoms with van der Waals surface area (Å²) in [5.74, 6) is -5.21. The first-order valence-electron chi connectivity index (χ1n) is 13.1. The molecule has 3 N–H and O–H groups in total. The fourth-order valence-corrected chi connectivity index (χ4v) is 4.43. The fourth-order valence-electron chi connectivity index (χ4n) is 4.43. The molecule has 0 aromatic carbocycles. The highest BCUT2D eigenvalue weighted by Crippen LogP contribution is 2.34. The number of carbonyl (C=O) groups is 7. The monoisotopic (exact) mass is 637 g/mol. The number of primary amides is 1. The molecule has 2 aliphatic rings. The van der Waals surface area contributed by atoms with Gasteiger partial charge in [-0.05, 0) is 0 Å². The van der Waals surface area contributed by atoms with Crippen LogP contribution in [0.25, 0.3) is 0 Å². The Balaban J connectivity index is 2.59. The van der Waals surface area contributed by atoms with Crippen molar-refractivity contribution < 1.29 is 86.0 Å². The van der Waals surface area contributed by atoms with Gasteiger partial charge in [0.1, 0.15) is 25.4 Å². The van der Waals surface area contributed by atoms with Crippen LogP contribution in [0.2, 0.25) is 0 Å². The molecule has 0 unspecified atom stereocenters. The van der Waals surface area contributed by atoms with E-state index in [4.69, 9.17) is 53.1 Å². The maximum atomic E-state index is 12.1. The van der Waals surface area contributed by atoms with Gasteiger partial charge < -0.3 is 58.2 Å². The average Bonchev–Trinajstić information content (AvgIpc) is 2.87. The predicted molar refractivity (Wildman–Crippen MR) is 134 cm³/mol. The number of esters is 6. The zero-order valence-corrected chi connectivity index (χ0v) is 24.7. The Kier molecular flexibility index (Phi) is 13.2. The van der Waals surface area contributed by atoms with E-state index in [1.54, 1.807) is 0 Å². The second kappa shape index (κ2) is 16.1. The van der Waals surface area contributed by atoms with Gasteiger partial charge in [-0.3, -0.25) is 28.8 Å². The summed E-state index contributed by atoms with van der Waals surface area (Å²) in [7, 11) is 0. The Hall–Kier alpha value is -4.07. The van der Waals surface area contributed by atoms with Gasteiger partial charge in [-0.25, -0.2) is 4.79 Å². The highest BCUT2D eigenvalue weighted by molar-refractivity contribution is 5.69. The SMILES string of the molecule is CC(=O)OC[C@@H]1O[C@@H](O)[C@@H](O[C@H]2O[C@H](COC(C)=O)[C@@H](OC(C)=O)[C@H](OC(N)=O)[C@@H]2OC(C)=O)[C@@H](OC(C)=O)[C@@H]1OC(C)=O. The van der Waals surface area contributed by atoms with Crippen molar-refractivity contribution in [3.8, 4) is 0 Å². The fraction of sp³-hybridized carbons (Fsp3) is 0.720. The minimum atomic E-state index is -2.01. The summed E-state index contributed by atoms with van der Waals surface area (Å²) in [5, 5.41) is 10.9. The third kappa shape index (κ3) is 10.6. The van der Waals surface area contributed by atoms with E-state index in [9.17, 15) is 38.7 Å². The van der Waals surface area contributed by atoms with Crippen LogP contribution in [0.15, 0.2) is 0 Å². The van der Waals surface area contributed by atoms with Crippen LogP contribution in [0.1, 0.15) is 41.5 Å². The lowest BCUT2D eigenvalue weighted by atomic mass is 9.96. The van der Waals surface area contributed by atoms with Crippen LogP contribution in [-0.2, 0) is 76.1 Å². The Morgan fingerprint density at radius 1 is 0.545 bits per heavy atom. The van der Waals surface area contributed by atoms with Crippen molar-refractivity contribution in [3.63, 3.8) is 0 Å². The van der Waals surface area contributed by atoms with E-state index in [0.717, 1.165) is 41.5 Å². The molecule has 2 fully saturated rings. The third-order valence-corrected chi connectivity index (χ3v) is 5.85. The summed E-state index contributed by atoms with van der Waals surface area (Å²) in [4.78, 5) is 82.9. The number of rotatable bonds is 11. The zero-order chi connectivity index (χ0) is 33.3. The molecule has 2 heterocycles. The van der Waals surface area contributed by atoms with Gasteiger partial charge in [0.15, 0.2) is 49.2 Å². The molecule has 0 saturated carbocycles. The summed E-state index contributed by atoms with van der Waals surface area (Å²) in [5.41, 5.74) is 5.22. The number of hydrogen-bond donors (Lipinski definition) is 2. The van der Waals surface area contributed by atoms with Crippen LogP contribution in [-0.4, -0.2) is 122 Å². The van der Waals surface area contributed by atoms with E-state index < -0.39 is 117 Å². The smallest absolute Gasteiger partial charge is 0.405 e. The van der Waals surface area contributed by atoms with Crippen molar-refractivity contribution >= 4 is 41.9 Å². The van der Waals surface area contributed by atoms with Crippen LogP contribution in [0, 0.1) is 0 Å². The maximum Gasteiger partial charge on any atom is 0.405 e. The number of aliphatic hydroxyl groups excluding tert-OH is 1. The van der Waals surface area contributed by atoms with Gasteiger partial charge in [0.2, 0.25) is 0 Å². The largest absolute Gasteiger partial charge is 0.463 e. The number of amides is 1. The molecular formula is C25H35NO18. The topological polar surface area (TPSA) is 258 Å². The second-order valence-corrected chi connectivity index (χ2v) is 9.51. The molecule has 10 atom stereocenters. The standard InChI is InChI=1S/C25H35NO18/c1-9(27)35-7-15-17(37-11(3)29)19(39-13(5)31)21(23(33)41-15)43-24-22(40-14(6)32)20(44-25(26)34)18(38-12(4)30)16(42-24)8-36-10(2)28/h15-24,33H,7-8H2,1-6H3,(H2,26,34)/t15-,16+,17+,18+,19-,20-,21-,22-,23+,24+/m0/s1. The molecular weight excluding hydrogens is 602 g/mol. The molecule has 0 bridgehead atoms. The van der Waals surface area contributed by atoms with Crippen molar-refractivity contribution in [2.75, 3.05) is 13.2 Å². The number of ether oxygens (including phenoxy) is 10. The minimum absolute atomic E-state index is 0.548. The summed E-state index contributed by atoms with van der Waals surface area (Å²) in [6, 6.07) is 0. The van der Waals surface area contributed by atoms with Gasteiger partial charge in [-0.15, -0.1) is 0 Å². The summed E-state index contributed by atoms with van der Waals surface area (Å²) in [6.07, 6.45) is -18.2. The first-order chi connectivity index (χ1) is 20.5. The molecule has 0 spiro atoms. The molecule has 44 heavy (non-hydrogen) atoms. The normalized spacial score (nSPS) is 31.4. The Morgan fingerprint density at radius 3 is 1.34 bits per heavy atom. The Morgan fingerprint density at radius 2 is 0.932 bits per heavy atom. The lowest BCUT2D eigenvalue weighted by molar-refractivity contribution is -0.362. The van der Waals surface area contributed by atoms with Crippen LogP contribution in [0.4, 0.5) is 4.79 Å². The van der Waals surface area contributed by atoms with Crippen molar-refractivity contribution in [1.29, 1.82) is 0 Å². The lowest BCUT2D eigenvalue weighted by Crippen LogP contribution is -2.67. The molecule has 0 aromatic heterocycles. The Bertz CT molecular complexity index is 1090. The molecule has 248 valence electrons. The Labute approximate surface area is 250 Å². The van der Waals surface area contributed by atoms with Crippen LogP contribution in [0.3, 0.4) is 0 Å². The highest BCUT2D eigenvalue weighted by atomic mass is 16.8. The molecule has 19 nitrogen and oxygen atoms in total. The number of aliphatic hydroxyl groups is 1. The molecule has 1 amide bonds. The van der Waals surface area contributed by atoms with Gasteiger partial charge in [-0.1, -0.05) is 0 Å². The summed E-state index contributed by atoms with van der Waals surface area (Å²) in [6.45, 7) is 5.00. The first kappa shape index (κ1) is 36.1. The molecule has 2 rings (SSSR count). The summed E-state index contributed by atoms with van der Waals surface area (Å²) < 4.78 is 53.4. The molecule has 2 aliphatic heterocycles. The summed E-state index contributed by atoms with van der Waals surface area (Å²) >= 11 is 0. The van der Waals surface area contributed by atoms with Crippen molar-refractivity contribution in [3.05, 3.63) is 0 Å². The van der Waals surface area contributed by atoms with E-state index in [0.29, 0.717) is 0 Å². The van der Waals surface area contributed by atoms with E-state index in [-0.39, 0.29) is 0 Å². The first-order valence-corrected chi connectivity index (χ1v) is 13.1. The van der Waals surface area contributed by atoms with E-state index in [1.165, 1.54) is 0 Å². The van der Waals surface area contributed by atoms with Crippen molar-refractivity contribution in [1.82, 2.24) is 0 Å². The van der Waals surface area contributed by atoms with Crippen molar-refractivity contribution in [2.45, 2.75) is 103 Å². The van der Waals surface area contributed by atoms with Crippen LogP contribution < -0.4 is 5.73 Å². The van der Waals surface area contributed by atoms with Crippen LogP contribution in [0.5, 0.6) is 0 Å². The van der Waals surface area contributed by atoms with E-state index in [2.05, 4.69) is 0 Å². The zero-order valence-electron chi connectivity index (χ0n) is 24.7. The number of hydrogen-bond acceptors (Lipinski definition) is 18. The average molecular weight is 638 g/mol. The highest BCUT2D eigenvalue weighted by Gasteiger charge is 2.57. The number of nitrogens with two attached hydrogens (primary N) is 1. The van der Waals surface area contributed by atoms with Gasteiger partial charge in [0, 0.05) is 41.5 Å². The van der Waals surface area contributed by atoms with E-state index in [1.807, 2.05) is 0 Å². The van der Waals surface area contributed by atoms with Gasteiger partial charge in [0.05, 0.1) is 0 Å². The van der Waals surface area contributed by atoms with Gasteiger partial charge >= 0.3 is 41.9 Å². The third-order valence-electron chi connectivity index (χ3n) is 5.85. The maximum absolute atomic E-state index is 12.1. The molecule has 0 aliphatic carbocycles. The predicted octanol–water partition coefficient (Wildman–Crippen LogP) is -1.87.